The molecule has 0 aromatic rings. The van der Waals surface area contributed by atoms with E-state index < -0.39 is 0 Å². The molecule has 1 atom stereocenters. The molecule has 0 heterocycles. The second-order valence-electron chi connectivity index (χ2n) is 2.99. The summed E-state index contributed by atoms with van der Waals surface area (Å²) in [4.78, 5) is 10.2. The van der Waals surface area contributed by atoms with Gasteiger partial charge in [0.15, 0.2) is 0 Å². The molecule has 0 aromatic carbocycles. The van der Waals surface area contributed by atoms with Crippen LogP contribution in [0.4, 0.5) is 0 Å². The monoisotopic (exact) mass is 150 g/mol. The van der Waals surface area contributed by atoms with Crippen LogP contribution in [-0.2, 0) is 4.79 Å². The lowest BCUT2D eigenvalue weighted by atomic mass is 9.94. The Morgan fingerprint density at radius 3 is 3.00 bits per heavy atom. The van der Waals surface area contributed by atoms with Gasteiger partial charge in [-0.3, -0.25) is 0 Å². The Labute approximate surface area is 67.8 Å². The van der Waals surface area contributed by atoms with Crippen LogP contribution in [-0.4, -0.2) is 6.29 Å². The Hall–Kier alpha value is -0.850. The molecule has 0 saturated heterocycles. The van der Waals surface area contributed by atoms with Gasteiger partial charge in [-0.05, 0) is 24.3 Å². The number of hydrogen-bond acceptors (Lipinski definition) is 1. The highest BCUT2D eigenvalue weighted by atomic mass is 16.1. The summed E-state index contributed by atoms with van der Waals surface area (Å²) in [6.07, 6.45) is 10.5. The SMILES string of the molecule is C[C@@H](CC=O)C1=CCCC=C1. The molecular weight excluding hydrogens is 136 g/mol. The van der Waals surface area contributed by atoms with Crippen LogP contribution < -0.4 is 0 Å². The maximum absolute atomic E-state index is 10.2. The van der Waals surface area contributed by atoms with Crippen molar-refractivity contribution in [3.05, 3.63) is 23.8 Å². The molecule has 60 valence electrons. The van der Waals surface area contributed by atoms with Gasteiger partial charge in [0.1, 0.15) is 6.29 Å². The molecule has 1 aliphatic rings. The average Bonchev–Trinajstić information content (AvgIpc) is 2.07. The van der Waals surface area contributed by atoms with E-state index in [1.807, 2.05) is 0 Å². The van der Waals surface area contributed by atoms with Crippen LogP contribution in [0.5, 0.6) is 0 Å². The van der Waals surface area contributed by atoms with Crippen molar-refractivity contribution in [3.8, 4) is 0 Å². The molecule has 0 aromatic heterocycles. The fraction of sp³-hybridized carbons (Fsp3) is 0.500. The minimum Gasteiger partial charge on any atom is -0.303 e. The first kappa shape index (κ1) is 8.25. The van der Waals surface area contributed by atoms with Crippen LogP contribution in [0.3, 0.4) is 0 Å². The lowest BCUT2D eigenvalue weighted by Crippen LogP contribution is -1.99. The summed E-state index contributed by atoms with van der Waals surface area (Å²) in [5.74, 6) is 0.407. The van der Waals surface area contributed by atoms with Crippen molar-refractivity contribution in [1.82, 2.24) is 0 Å². The van der Waals surface area contributed by atoms with E-state index in [0.717, 1.165) is 19.1 Å². The fourth-order valence-corrected chi connectivity index (χ4v) is 1.28. The summed E-state index contributed by atoms with van der Waals surface area (Å²) in [5, 5.41) is 0. The highest BCUT2D eigenvalue weighted by Crippen LogP contribution is 2.19. The zero-order chi connectivity index (χ0) is 8.10. The van der Waals surface area contributed by atoms with E-state index in [-0.39, 0.29) is 0 Å². The van der Waals surface area contributed by atoms with E-state index in [1.165, 1.54) is 5.57 Å². The van der Waals surface area contributed by atoms with Gasteiger partial charge in [-0.15, -0.1) is 0 Å². The van der Waals surface area contributed by atoms with Crippen molar-refractivity contribution in [1.29, 1.82) is 0 Å². The number of allylic oxidation sites excluding steroid dienone is 4. The van der Waals surface area contributed by atoms with Crippen molar-refractivity contribution < 1.29 is 4.79 Å². The predicted octanol–water partition coefficient (Wildman–Crippen LogP) is 2.49. The zero-order valence-electron chi connectivity index (χ0n) is 6.92. The van der Waals surface area contributed by atoms with Gasteiger partial charge in [-0.2, -0.15) is 0 Å². The van der Waals surface area contributed by atoms with Gasteiger partial charge in [0, 0.05) is 6.42 Å². The minimum absolute atomic E-state index is 0.407. The first-order valence-electron chi connectivity index (χ1n) is 4.15. The molecule has 1 aliphatic carbocycles. The Morgan fingerprint density at radius 2 is 2.45 bits per heavy atom. The molecule has 0 aliphatic heterocycles. The van der Waals surface area contributed by atoms with E-state index in [0.29, 0.717) is 12.3 Å². The number of hydrogen-bond donors (Lipinski definition) is 0. The number of rotatable bonds is 3. The summed E-state index contributed by atoms with van der Waals surface area (Å²) in [6, 6.07) is 0. The second-order valence-corrected chi connectivity index (χ2v) is 2.99. The lowest BCUT2D eigenvalue weighted by molar-refractivity contribution is -0.108. The molecule has 11 heavy (non-hydrogen) atoms. The van der Waals surface area contributed by atoms with Crippen LogP contribution in [0.1, 0.15) is 26.2 Å². The Kier molecular flexibility index (Phi) is 3.09. The van der Waals surface area contributed by atoms with Crippen molar-refractivity contribution in [3.63, 3.8) is 0 Å². The summed E-state index contributed by atoms with van der Waals surface area (Å²) in [6.45, 7) is 2.09. The van der Waals surface area contributed by atoms with Gasteiger partial charge >= 0.3 is 0 Å². The number of carbonyl (C=O) groups is 1. The van der Waals surface area contributed by atoms with E-state index in [4.69, 9.17) is 0 Å². The molecule has 0 unspecified atom stereocenters. The lowest BCUT2D eigenvalue weighted by Gasteiger charge is -2.11. The Morgan fingerprint density at radius 1 is 1.64 bits per heavy atom. The summed E-state index contributed by atoms with van der Waals surface area (Å²) in [7, 11) is 0. The highest BCUT2D eigenvalue weighted by Gasteiger charge is 2.06. The van der Waals surface area contributed by atoms with Crippen molar-refractivity contribution in [2.45, 2.75) is 26.2 Å². The molecule has 0 amide bonds. The number of carbonyl (C=O) groups excluding carboxylic acids is 1. The van der Waals surface area contributed by atoms with Crippen LogP contribution in [0, 0.1) is 5.92 Å². The van der Waals surface area contributed by atoms with Crippen molar-refractivity contribution >= 4 is 6.29 Å². The highest BCUT2D eigenvalue weighted by molar-refractivity contribution is 5.51. The van der Waals surface area contributed by atoms with Crippen molar-refractivity contribution in [2.24, 2.45) is 5.92 Å². The first-order chi connectivity index (χ1) is 5.34. The van der Waals surface area contributed by atoms with Crippen LogP contribution >= 0.6 is 0 Å². The van der Waals surface area contributed by atoms with E-state index in [1.54, 1.807) is 0 Å². The number of aldehydes is 1. The summed E-state index contributed by atoms with van der Waals surface area (Å²) in [5.41, 5.74) is 1.32. The smallest absolute Gasteiger partial charge is 0.120 e. The third-order valence-electron chi connectivity index (χ3n) is 2.04. The maximum Gasteiger partial charge on any atom is 0.120 e. The molecule has 0 saturated carbocycles. The third-order valence-corrected chi connectivity index (χ3v) is 2.04. The van der Waals surface area contributed by atoms with Crippen LogP contribution in [0.2, 0.25) is 0 Å². The van der Waals surface area contributed by atoms with E-state index in [9.17, 15) is 4.79 Å². The molecule has 0 bridgehead atoms. The zero-order valence-corrected chi connectivity index (χ0v) is 6.92. The summed E-state index contributed by atoms with van der Waals surface area (Å²) < 4.78 is 0. The standard InChI is InChI=1S/C10H14O/c1-9(7-8-11)10-5-3-2-4-6-10/h3,5-6,8-9H,2,4,7H2,1H3/t9-/m0/s1. The molecule has 1 rings (SSSR count). The third kappa shape index (κ3) is 2.34. The fourth-order valence-electron chi connectivity index (χ4n) is 1.28. The maximum atomic E-state index is 10.2. The molecule has 0 fully saturated rings. The van der Waals surface area contributed by atoms with Gasteiger partial charge in [0.2, 0.25) is 0 Å². The Balaban J connectivity index is 2.51. The van der Waals surface area contributed by atoms with Gasteiger partial charge in [-0.25, -0.2) is 0 Å². The van der Waals surface area contributed by atoms with Gasteiger partial charge < -0.3 is 4.79 Å². The quantitative estimate of drug-likeness (QED) is 0.565. The summed E-state index contributed by atoms with van der Waals surface area (Å²) >= 11 is 0. The second kappa shape index (κ2) is 4.12. The molecule has 0 spiro atoms. The van der Waals surface area contributed by atoms with Gasteiger partial charge in [0.05, 0.1) is 0 Å². The minimum atomic E-state index is 0.407. The molecular formula is C10H14O. The van der Waals surface area contributed by atoms with E-state index >= 15 is 0 Å². The molecule has 0 N–H and O–H groups in total. The molecule has 0 radical (unpaired) electrons. The van der Waals surface area contributed by atoms with Crippen LogP contribution in [0.15, 0.2) is 23.8 Å². The predicted molar refractivity (Wildman–Crippen MR) is 46.3 cm³/mol. The average molecular weight is 150 g/mol. The molecule has 1 nitrogen and oxygen atoms in total. The normalized spacial score (nSPS) is 19.2. The van der Waals surface area contributed by atoms with Gasteiger partial charge in [-0.1, -0.05) is 25.2 Å². The first-order valence-corrected chi connectivity index (χ1v) is 4.15. The molecule has 1 heteroatoms. The van der Waals surface area contributed by atoms with Crippen molar-refractivity contribution in [2.75, 3.05) is 0 Å². The van der Waals surface area contributed by atoms with E-state index in [2.05, 4.69) is 25.2 Å². The largest absolute Gasteiger partial charge is 0.303 e. The topological polar surface area (TPSA) is 17.1 Å². The van der Waals surface area contributed by atoms with Crippen LogP contribution in [0.25, 0.3) is 0 Å². The Bertz CT molecular complexity index is 189. The van der Waals surface area contributed by atoms with Gasteiger partial charge in [0.25, 0.3) is 0 Å².